The Balaban J connectivity index is 1.39. The van der Waals surface area contributed by atoms with Crippen molar-refractivity contribution in [2.45, 2.75) is 31.5 Å². The summed E-state index contributed by atoms with van der Waals surface area (Å²) < 4.78 is 29.0. The molecule has 1 fully saturated rings. The van der Waals surface area contributed by atoms with Gasteiger partial charge in [-0.2, -0.15) is 0 Å². The smallest absolute Gasteiger partial charge is 0.338 e. The first kappa shape index (κ1) is 23.0. The van der Waals surface area contributed by atoms with Gasteiger partial charge in [-0.15, -0.1) is 0 Å². The number of hydrogen-bond donors (Lipinski definition) is 0. The van der Waals surface area contributed by atoms with Gasteiger partial charge in [-0.25, -0.2) is 4.79 Å². The Morgan fingerprint density at radius 2 is 1.55 bits per heavy atom. The van der Waals surface area contributed by atoms with E-state index in [2.05, 4.69) is 0 Å². The second kappa shape index (κ2) is 11.6. The molecule has 0 bridgehead atoms. The third-order valence-corrected chi connectivity index (χ3v) is 5.47. The number of rotatable bonds is 10. The van der Waals surface area contributed by atoms with E-state index in [-0.39, 0.29) is 12.7 Å². The van der Waals surface area contributed by atoms with Crippen LogP contribution in [0.5, 0.6) is 5.75 Å². The number of benzene rings is 3. The average molecular weight is 449 g/mol. The predicted molar refractivity (Wildman–Crippen MR) is 123 cm³/mol. The summed E-state index contributed by atoms with van der Waals surface area (Å²) in [7, 11) is 1.63. The number of carbonyl (C=O) groups excluding carboxylic acids is 1. The summed E-state index contributed by atoms with van der Waals surface area (Å²) in [4.78, 5) is 12.6. The molecular formula is C27H28O6. The first-order chi connectivity index (χ1) is 16.2. The Bertz CT molecular complexity index is 990. The SMILES string of the molecule is COc1ccc(CO[C@H]2[C@@H](OC(=O)c3ccccc3)CO[C@@H]2COCc2ccccc2)cc1. The van der Waals surface area contributed by atoms with Gasteiger partial charge in [0, 0.05) is 0 Å². The van der Waals surface area contributed by atoms with Crippen molar-refractivity contribution < 1.29 is 28.5 Å². The van der Waals surface area contributed by atoms with E-state index in [0.717, 1.165) is 16.9 Å². The maximum atomic E-state index is 12.6. The molecule has 4 rings (SSSR count). The molecule has 3 atom stereocenters. The van der Waals surface area contributed by atoms with Gasteiger partial charge in [0.2, 0.25) is 0 Å². The van der Waals surface area contributed by atoms with E-state index in [9.17, 15) is 4.79 Å². The lowest BCUT2D eigenvalue weighted by molar-refractivity contribution is -0.0776. The number of esters is 1. The van der Waals surface area contributed by atoms with Crippen LogP contribution in [0.1, 0.15) is 21.5 Å². The van der Waals surface area contributed by atoms with E-state index in [4.69, 9.17) is 23.7 Å². The normalized spacial score (nSPS) is 19.8. The van der Waals surface area contributed by atoms with Gasteiger partial charge in [0.25, 0.3) is 0 Å². The third kappa shape index (κ3) is 6.42. The van der Waals surface area contributed by atoms with Crippen molar-refractivity contribution in [1.82, 2.24) is 0 Å². The fourth-order valence-electron chi connectivity index (χ4n) is 3.67. The van der Waals surface area contributed by atoms with Crippen LogP contribution in [0.15, 0.2) is 84.9 Å². The first-order valence-corrected chi connectivity index (χ1v) is 11.0. The van der Waals surface area contributed by atoms with Gasteiger partial charge in [0.1, 0.15) is 18.0 Å². The average Bonchev–Trinajstić information content (AvgIpc) is 3.25. The van der Waals surface area contributed by atoms with Gasteiger partial charge in [0.05, 0.1) is 39.1 Å². The molecule has 172 valence electrons. The van der Waals surface area contributed by atoms with Crippen LogP contribution >= 0.6 is 0 Å². The summed E-state index contributed by atoms with van der Waals surface area (Å²) in [6, 6.07) is 26.5. The predicted octanol–water partition coefficient (Wildman–Crippen LogP) is 4.42. The van der Waals surface area contributed by atoms with E-state index in [1.807, 2.05) is 60.7 Å². The molecule has 6 heteroatoms. The number of hydrogen-bond acceptors (Lipinski definition) is 6. The van der Waals surface area contributed by atoms with Gasteiger partial charge in [-0.3, -0.25) is 0 Å². The summed E-state index contributed by atoms with van der Waals surface area (Å²) >= 11 is 0. The highest BCUT2D eigenvalue weighted by Gasteiger charge is 2.41. The molecule has 33 heavy (non-hydrogen) atoms. The molecule has 0 unspecified atom stereocenters. The van der Waals surface area contributed by atoms with Crippen molar-refractivity contribution in [3.8, 4) is 5.75 Å². The lowest BCUT2D eigenvalue weighted by Crippen LogP contribution is -2.38. The molecule has 0 aromatic heterocycles. The molecule has 1 saturated heterocycles. The molecule has 0 N–H and O–H groups in total. The van der Waals surface area contributed by atoms with Crippen molar-refractivity contribution in [3.05, 3.63) is 102 Å². The van der Waals surface area contributed by atoms with Crippen molar-refractivity contribution in [3.63, 3.8) is 0 Å². The van der Waals surface area contributed by atoms with E-state index < -0.39 is 18.2 Å². The maximum Gasteiger partial charge on any atom is 0.338 e. The molecule has 1 aliphatic heterocycles. The van der Waals surface area contributed by atoms with Crippen molar-refractivity contribution in [2.75, 3.05) is 20.3 Å². The van der Waals surface area contributed by atoms with Crippen LogP contribution < -0.4 is 4.74 Å². The van der Waals surface area contributed by atoms with Gasteiger partial charge < -0.3 is 23.7 Å². The summed E-state index contributed by atoms with van der Waals surface area (Å²) in [5, 5.41) is 0. The molecule has 0 saturated carbocycles. The molecule has 1 heterocycles. The van der Waals surface area contributed by atoms with Crippen LogP contribution in [-0.4, -0.2) is 44.6 Å². The minimum Gasteiger partial charge on any atom is -0.497 e. The van der Waals surface area contributed by atoms with Crippen LogP contribution in [0.3, 0.4) is 0 Å². The zero-order valence-electron chi connectivity index (χ0n) is 18.6. The van der Waals surface area contributed by atoms with Gasteiger partial charge in [-0.05, 0) is 35.4 Å². The summed E-state index contributed by atoms with van der Waals surface area (Å²) in [6.07, 6.45) is -1.32. The standard InChI is InChI=1S/C27H28O6/c1-29-23-14-12-21(13-15-23)17-32-26-24(18-30-16-20-8-4-2-5-9-20)31-19-25(26)33-27(28)22-10-6-3-7-11-22/h2-15,24-26H,16-19H2,1H3/t24-,25+,26-/m1/s1. The Labute approximate surface area is 194 Å². The fourth-order valence-corrected chi connectivity index (χ4v) is 3.67. The molecule has 1 aliphatic rings. The van der Waals surface area contributed by atoms with E-state index in [1.165, 1.54) is 0 Å². The zero-order chi connectivity index (χ0) is 22.9. The summed E-state index contributed by atoms with van der Waals surface area (Å²) in [6.45, 7) is 1.42. The fraction of sp³-hybridized carbons (Fsp3) is 0.296. The third-order valence-electron chi connectivity index (χ3n) is 5.47. The van der Waals surface area contributed by atoms with Gasteiger partial charge in [-0.1, -0.05) is 60.7 Å². The first-order valence-electron chi connectivity index (χ1n) is 11.0. The number of carbonyl (C=O) groups is 1. The molecule has 0 aliphatic carbocycles. The van der Waals surface area contributed by atoms with Crippen molar-refractivity contribution in [1.29, 1.82) is 0 Å². The Hall–Kier alpha value is -3.19. The summed E-state index contributed by atoms with van der Waals surface area (Å²) in [5.74, 6) is 0.387. The minimum atomic E-state index is -0.527. The van der Waals surface area contributed by atoms with Crippen molar-refractivity contribution in [2.24, 2.45) is 0 Å². The topological polar surface area (TPSA) is 63.2 Å². The number of ether oxygens (including phenoxy) is 5. The molecule has 6 nitrogen and oxygen atoms in total. The molecule has 3 aromatic carbocycles. The Morgan fingerprint density at radius 1 is 0.879 bits per heavy atom. The monoisotopic (exact) mass is 448 g/mol. The minimum absolute atomic E-state index is 0.255. The van der Waals surface area contributed by atoms with Crippen LogP contribution in [0.25, 0.3) is 0 Å². The quantitative estimate of drug-likeness (QED) is 0.428. The lowest BCUT2D eigenvalue weighted by atomic mass is 10.1. The molecular weight excluding hydrogens is 420 g/mol. The van der Waals surface area contributed by atoms with E-state index in [1.54, 1.807) is 31.4 Å². The highest BCUT2D eigenvalue weighted by atomic mass is 16.6. The lowest BCUT2D eigenvalue weighted by Gasteiger charge is -2.23. The Morgan fingerprint density at radius 3 is 2.24 bits per heavy atom. The number of methoxy groups -OCH3 is 1. The summed E-state index contributed by atoms with van der Waals surface area (Å²) in [5.41, 5.74) is 2.56. The molecule has 0 amide bonds. The second-order valence-corrected chi connectivity index (χ2v) is 7.81. The largest absolute Gasteiger partial charge is 0.497 e. The highest BCUT2D eigenvalue weighted by Crippen LogP contribution is 2.24. The molecule has 0 radical (unpaired) electrons. The van der Waals surface area contributed by atoms with E-state index >= 15 is 0 Å². The van der Waals surface area contributed by atoms with Gasteiger partial charge in [0.15, 0.2) is 6.10 Å². The van der Waals surface area contributed by atoms with Gasteiger partial charge >= 0.3 is 5.97 Å². The van der Waals surface area contributed by atoms with Crippen LogP contribution in [0.4, 0.5) is 0 Å². The van der Waals surface area contributed by atoms with Crippen LogP contribution in [0, 0.1) is 0 Å². The molecule has 0 spiro atoms. The van der Waals surface area contributed by atoms with Crippen LogP contribution in [0.2, 0.25) is 0 Å². The maximum absolute atomic E-state index is 12.6. The van der Waals surface area contributed by atoms with Crippen molar-refractivity contribution >= 4 is 5.97 Å². The van der Waals surface area contributed by atoms with Crippen LogP contribution in [-0.2, 0) is 32.2 Å². The highest BCUT2D eigenvalue weighted by molar-refractivity contribution is 5.89. The Kier molecular flexibility index (Phi) is 8.09. The van der Waals surface area contributed by atoms with E-state index in [0.29, 0.717) is 25.4 Å². The second-order valence-electron chi connectivity index (χ2n) is 7.81. The zero-order valence-corrected chi connectivity index (χ0v) is 18.6. The molecule has 3 aromatic rings.